The minimum absolute atomic E-state index is 0.186. The van der Waals surface area contributed by atoms with Crippen LogP contribution in [0.3, 0.4) is 0 Å². The number of benzene rings is 1. The van der Waals surface area contributed by atoms with Crippen LogP contribution in [-0.2, 0) is 16.1 Å². The van der Waals surface area contributed by atoms with Crippen LogP contribution in [0.5, 0.6) is 0 Å². The van der Waals surface area contributed by atoms with Crippen LogP contribution in [0.25, 0.3) is 0 Å². The van der Waals surface area contributed by atoms with Crippen LogP contribution in [-0.4, -0.2) is 29.8 Å². The highest BCUT2D eigenvalue weighted by Crippen LogP contribution is 2.01. The standard InChI is InChI=1S/C13H13N3O3/c17-8-12-6-7-16(10-14-12)15-13(18)19-9-11-4-2-1-3-5-11/h1-8H,9-10H2,(H,15,18). The van der Waals surface area contributed by atoms with Gasteiger partial charge in [0, 0.05) is 6.20 Å². The molecule has 0 unspecified atom stereocenters. The number of hydrogen-bond acceptors (Lipinski definition) is 5. The molecule has 0 bridgehead atoms. The van der Waals surface area contributed by atoms with Crippen molar-refractivity contribution in [3.63, 3.8) is 0 Å². The zero-order chi connectivity index (χ0) is 13.5. The fraction of sp³-hybridized carbons (Fsp3) is 0.154. The second kappa shape index (κ2) is 6.34. The monoisotopic (exact) mass is 259 g/mol. The summed E-state index contributed by atoms with van der Waals surface area (Å²) in [6.07, 6.45) is 3.15. The largest absolute Gasteiger partial charge is 0.443 e. The van der Waals surface area contributed by atoms with E-state index in [9.17, 15) is 9.59 Å². The maximum atomic E-state index is 11.5. The fourth-order valence-corrected chi connectivity index (χ4v) is 1.45. The molecular weight excluding hydrogens is 246 g/mol. The van der Waals surface area contributed by atoms with E-state index in [1.165, 1.54) is 11.1 Å². The summed E-state index contributed by atoms with van der Waals surface area (Å²) in [4.78, 5) is 25.9. The molecule has 0 aromatic heterocycles. The Kier molecular flexibility index (Phi) is 4.28. The average Bonchev–Trinajstić information content (AvgIpc) is 2.47. The predicted molar refractivity (Wildman–Crippen MR) is 69.1 cm³/mol. The molecule has 1 aliphatic rings. The molecule has 0 radical (unpaired) electrons. The van der Waals surface area contributed by atoms with Crippen molar-refractivity contribution in [1.29, 1.82) is 0 Å². The molecule has 1 N–H and O–H groups in total. The number of hydrazine groups is 1. The topological polar surface area (TPSA) is 71.0 Å². The summed E-state index contributed by atoms with van der Waals surface area (Å²) in [5.74, 6) is 0. The Morgan fingerprint density at radius 3 is 2.84 bits per heavy atom. The molecule has 98 valence electrons. The van der Waals surface area contributed by atoms with Gasteiger partial charge in [0.05, 0.1) is 0 Å². The zero-order valence-corrected chi connectivity index (χ0v) is 10.2. The normalized spacial score (nSPS) is 13.7. The van der Waals surface area contributed by atoms with Gasteiger partial charge in [0.1, 0.15) is 19.0 Å². The van der Waals surface area contributed by atoms with Gasteiger partial charge < -0.3 is 4.74 Å². The first-order chi connectivity index (χ1) is 9.28. The number of aldehydes is 1. The molecule has 0 saturated heterocycles. The molecule has 0 aliphatic carbocycles. The van der Waals surface area contributed by atoms with E-state index in [1.807, 2.05) is 30.3 Å². The fourth-order valence-electron chi connectivity index (χ4n) is 1.45. The lowest BCUT2D eigenvalue weighted by Gasteiger charge is -2.21. The molecule has 0 atom stereocenters. The summed E-state index contributed by atoms with van der Waals surface area (Å²) in [7, 11) is 0. The van der Waals surface area contributed by atoms with Gasteiger partial charge in [-0.05, 0) is 11.6 Å². The van der Waals surface area contributed by atoms with E-state index in [2.05, 4.69) is 10.4 Å². The molecule has 0 spiro atoms. The number of aliphatic imine (C=N–C) groups is 1. The van der Waals surface area contributed by atoms with E-state index in [1.54, 1.807) is 6.20 Å². The maximum absolute atomic E-state index is 11.5. The van der Waals surface area contributed by atoms with Crippen LogP contribution < -0.4 is 5.43 Å². The van der Waals surface area contributed by atoms with Crippen molar-refractivity contribution in [2.45, 2.75) is 6.61 Å². The summed E-state index contributed by atoms with van der Waals surface area (Å²) >= 11 is 0. The number of carbonyl (C=O) groups is 2. The molecule has 1 amide bonds. The van der Waals surface area contributed by atoms with E-state index in [-0.39, 0.29) is 13.3 Å². The van der Waals surface area contributed by atoms with Gasteiger partial charge in [-0.15, -0.1) is 0 Å². The minimum atomic E-state index is -0.571. The third kappa shape index (κ3) is 3.95. The number of nitrogens with zero attached hydrogens (tertiary/aromatic N) is 2. The quantitative estimate of drug-likeness (QED) is 0.826. The van der Waals surface area contributed by atoms with E-state index in [0.29, 0.717) is 12.0 Å². The number of amides is 1. The van der Waals surface area contributed by atoms with E-state index < -0.39 is 6.09 Å². The molecule has 1 aromatic rings. The van der Waals surface area contributed by atoms with Gasteiger partial charge in [0.25, 0.3) is 0 Å². The number of nitrogens with one attached hydrogen (secondary N) is 1. The summed E-state index contributed by atoms with van der Waals surface area (Å²) < 4.78 is 5.04. The Hall–Kier alpha value is -2.63. The Morgan fingerprint density at radius 1 is 1.42 bits per heavy atom. The molecule has 6 heteroatoms. The SMILES string of the molecule is O=CC1=NCN(NC(=O)OCc2ccccc2)C=C1. The Bertz CT molecular complexity index is 511. The van der Waals surface area contributed by atoms with Crippen LogP contribution in [0.15, 0.2) is 47.6 Å². The number of rotatable bonds is 4. The first kappa shape index (κ1) is 12.8. The van der Waals surface area contributed by atoms with Gasteiger partial charge in [-0.1, -0.05) is 30.3 Å². The molecule has 0 saturated carbocycles. The van der Waals surface area contributed by atoms with Crippen LogP contribution in [0.2, 0.25) is 0 Å². The predicted octanol–water partition coefficient (Wildman–Crippen LogP) is 1.25. The number of allylic oxidation sites excluding steroid dienone is 1. The second-order valence-electron chi connectivity index (χ2n) is 3.80. The van der Waals surface area contributed by atoms with Crippen LogP contribution in [0, 0.1) is 0 Å². The van der Waals surface area contributed by atoms with Crippen LogP contribution >= 0.6 is 0 Å². The number of hydrogen-bond donors (Lipinski definition) is 1. The number of carbonyl (C=O) groups excluding carboxylic acids is 2. The van der Waals surface area contributed by atoms with Gasteiger partial charge in [0.2, 0.25) is 0 Å². The number of ether oxygens (including phenoxy) is 1. The van der Waals surface area contributed by atoms with Gasteiger partial charge in [-0.25, -0.2) is 10.2 Å². The van der Waals surface area contributed by atoms with Gasteiger partial charge >= 0.3 is 6.09 Å². The zero-order valence-electron chi connectivity index (χ0n) is 10.2. The van der Waals surface area contributed by atoms with Gasteiger partial charge in [0.15, 0.2) is 6.29 Å². The smallest absolute Gasteiger partial charge is 0.426 e. The average molecular weight is 259 g/mol. The Balaban J connectivity index is 1.75. The van der Waals surface area contributed by atoms with Gasteiger partial charge in [-0.2, -0.15) is 0 Å². The molecular formula is C13H13N3O3. The third-order valence-electron chi connectivity index (χ3n) is 2.40. The highest BCUT2D eigenvalue weighted by molar-refractivity contribution is 6.33. The van der Waals surface area contributed by atoms with Gasteiger partial charge in [-0.3, -0.25) is 14.8 Å². The molecule has 1 heterocycles. The second-order valence-corrected chi connectivity index (χ2v) is 3.80. The lowest BCUT2D eigenvalue weighted by atomic mass is 10.2. The van der Waals surface area contributed by atoms with Crippen molar-refractivity contribution < 1.29 is 14.3 Å². The summed E-state index contributed by atoms with van der Waals surface area (Å²) in [6, 6.07) is 9.38. The van der Waals surface area contributed by atoms with Crippen LogP contribution in [0.4, 0.5) is 4.79 Å². The Labute approximate surface area is 110 Å². The minimum Gasteiger partial charge on any atom is -0.443 e. The summed E-state index contributed by atoms with van der Waals surface area (Å²) in [5, 5.41) is 1.43. The molecule has 0 fully saturated rings. The van der Waals surface area contributed by atoms with Crippen molar-refractivity contribution in [1.82, 2.24) is 10.4 Å². The van der Waals surface area contributed by atoms with Crippen molar-refractivity contribution in [2.75, 3.05) is 6.67 Å². The van der Waals surface area contributed by atoms with Crippen LogP contribution in [0.1, 0.15) is 5.56 Å². The highest BCUT2D eigenvalue weighted by atomic mass is 16.6. The summed E-state index contributed by atoms with van der Waals surface area (Å²) in [5.41, 5.74) is 3.75. The molecule has 1 aromatic carbocycles. The van der Waals surface area contributed by atoms with Crippen molar-refractivity contribution >= 4 is 18.1 Å². The molecule has 2 rings (SSSR count). The molecule has 1 aliphatic heterocycles. The van der Waals surface area contributed by atoms with E-state index in [0.717, 1.165) is 5.56 Å². The van der Waals surface area contributed by atoms with Crippen molar-refractivity contribution in [3.8, 4) is 0 Å². The first-order valence-electron chi connectivity index (χ1n) is 5.70. The lowest BCUT2D eigenvalue weighted by Crippen LogP contribution is -2.40. The highest BCUT2D eigenvalue weighted by Gasteiger charge is 2.09. The molecule has 19 heavy (non-hydrogen) atoms. The third-order valence-corrected chi connectivity index (χ3v) is 2.40. The first-order valence-corrected chi connectivity index (χ1v) is 5.70. The maximum Gasteiger partial charge on any atom is 0.426 e. The van der Waals surface area contributed by atoms with Crippen molar-refractivity contribution in [3.05, 3.63) is 48.2 Å². The summed E-state index contributed by atoms with van der Waals surface area (Å²) in [6.45, 7) is 0.387. The Morgan fingerprint density at radius 2 is 2.21 bits per heavy atom. The molecule has 6 nitrogen and oxygen atoms in total. The van der Waals surface area contributed by atoms with E-state index >= 15 is 0 Å². The van der Waals surface area contributed by atoms with Crippen molar-refractivity contribution in [2.24, 2.45) is 4.99 Å². The van der Waals surface area contributed by atoms with E-state index in [4.69, 9.17) is 4.74 Å². The lowest BCUT2D eigenvalue weighted by molar-refractivity contribution is -0.102.